The second kappa shape index (κ2) is 4.38. The van der Waals surface area contributed by atoms with Gasteiger partial charge in [0.25, 0.3) is 0 Å². The summed E-state index contributed by atoms with van der Waals surface area (Å²) in [5.41, 5.74) is 3.93. The molecule has 0 aliphatic carbocycles. The van der Waals surface area contributed by atoms with Crippen LogP contribution in [0.25, 0.3) is 16.8 Å². The Balaban J connectivity index is 2.23. The molecule has 0 spiro atoms. The number of imidazole rings is 1. The van der Waals surface area contributed by atoms with Gasteiger partial charge in [0.15, 0.2) is 0 Å². The zero-order chi connectivity index (χ0) is 13.4. The highest BCUT2D eigenvalue weighted by molar-refractivity contribution is 6.30. The van der Waals surface area contributed by atoms with Gasteiger partial charge < -0.3 is 4.40 Å². The number of pyridine rings is 2. The summed E-state index contributed by atoms with van der Waals surface area (Å²) in [4.78, 5) is 8.40. The highest BCUT2D eigenvalue weighted by atomic mass is 35.5. The third-order valence-corrected chi connectivity index (χ3v) is 3.27. The Hall–Kier alpha value is -2.38. The number of halogens is 1. The minimum atomic E-state index is 0.243. The quantitative estimate of drug-likeness (QED) is 0.637. The van der Waals surface area contributed by atoms with Gasteiger partial charge >= 0.3 is 0 Å². The van der Waals surface area contributed by atoms with Crippen molar-refractivity contribution in [2.45, 2.75) is 6.92 Å². The molecular formula is C14H9ClN4. The van der Waals surface area contributed by atoms with Crippen molar-refractivity contribution in [2.75, 3.05) is 0 Å². The van der Waals surface area contributed by atoms with Crippen molar-refractivity contribution in [1.29, 1.82) is 5.26 Å². The predicted molar refractivity (Wildman–Crippen MR) is 72.9 cm³/mol. The summed E-state index contributed by atoms with van der Waals surface area (Å²) in [6.07, 6.45) is 5.58. The highest BCUT2D eigenvalue weighted by Crippen LogP contribution is 2.26. The van der Waals surface area contributed by atoms with Crippen LogP contribution in [0, 0.1) is 18.3 Å². The average molecular weight is 269 g/mol. The van der Waals surface area contributed by atoms with Gasteiger partial charge in [-0.05, 0) is 25.1 Å². The van der Waals surface area contributed by atoms with Gasteiger partial charge in [-0.3, -0.25) is 0 Å². The Kier molecular flexibility index (Phi) is 2.69. The summed E-state index contributed by atoms with van der Waals surface area (Å²) in [7, 11) is 0. The lowest BCUT2D eigenvalue weighted by Crippen LogP contribution is -1.93. The molecule has 3 aromatic rings. The molecule has 3 aromatic heterocycles. The molecule has 92 valence electrons. The maximum atomic E-state index is 9.03. The largest absolute Gasteiger partial charge is 0.306 e. The van der Waals surface area contributed by atoms with Gasteiger partial charge in [0.1, 0.15) is 16.9 Å². The molecule has 0 aromatic carbocycles. The van der Waals surface area contributed by atoms with Crippen LogP contribution >= 0.6 is 11.6 Å². The number of fused-ring (bicyclic) bond motifs is 1. The van der Waals surface area contributed by atoms with Crippen molar-refractivity contribution in [3.8, 4) is 17.2 Å². The van der Waals surface area contributed by atoms with Crippen LogP contribution in [0.3, 0.4) is 0 Å². The number of rotatable bonds is 1. The second-order valence-electron chi connectivity index (χ2n) is 4.18. The summed E-state index contributed by atoms with van der Waals surface area (Å²) >= 11 is 5.92. The summed E-state index contributed by atoms with van der Waals surface area (Å²) < 4.78 is 1.93. The predicted octanol–water partition coefficient (Wildman–Crippen LogP) is 3.23. The SMILES string of the molecule is Cc1nc(Cl)c(C#N)cc1-c1ccc2nccn2c1. The first-order chi connectivity index (χ1) is 9.19. The third kappa shape index (κ3) is 1.94. The number of hydrogen-bond acceptors (Lipinski definition) is 3. The molecule has 0 saturated heterocycles. The first-order valence-electron chi connectivity index (χ1n) is 5.69. The van der Waals surface area contributed by atoms with E-state index < -0.39 is 0 Å². The van der Waals surface area contributed by atoms with Gasteiger partial charge in [-0.25, -0.2) is 9.97 Å². The lowest BCUT2D eigenvalue weighted by atomic mass is 10.0. The van der Waals surface area contributed by atoms with E-state index in [9.17, 15) is 0 Å². The molecule has 0 N–H and O–H groups in total. The van der Waals surface area contributed by atoms with Gasteiger partial charge in [0.2, 0.25) is 0 Å². The fourth-order valence-electron chi connectivity index (χ4n) is 2.03. The van der Waals surface area contributed by atoms with E-state index in [2.05, 4.69) is 16.0 Å². The van der Waals surface area contributed by atoms with Crippen molar-refractivity contribution in [3.63, 3.8) is 0 Å². The molecule has 0 atom stereocenters. The summed E-state index contributed by atoms with van der Waals surface area (Å²) in [5, 5.41) is 9.27. The molecule has 0 bridgehead atoms. The topological polar surface area (TPSA) is 54.0 Å². The molecule has 0 saturated carbocycles. The fourth-order valence-corrected chi connectivity index (χ4v) is 2.25. The third-order valence-electron chi connectivity index (χ3n) is 2.99. The molecule has 0 aliphatic rings. The van der Waals surface area contributed by atoms with Gasteiger partial charge in [-0.2, -0.15) is 5.26 Å². The molecule has 0 fully saturated rings. The average Bonchev–Trinajstić information content (AvgIpc) is 2.86. The van der Waals surface area contributed by atoms with Crippen LogP contribution in [-0.4, -0.2) is 14.4 Å². The number of nitrogens with zero attached hydrogens (tertiary/aromatic N) is 4. The number of aromatic nitrogens is 3. The molecule has 3 heterocycles. The molecule has 19 heavy (non-hydrogen) atoms. The van der Waals surface area contributed by atoms with Gasteiger partial charge in [-0.15, -0.1) is 0 Å². The van der Waals surface area contributed by atoms with Gasteiger partial charge in [0, 0.05) is 35.4 Å². The number of nitriles is 1. The monoisotopic (exact) mass is 268 g/mol. The Morgan fingerprint density at radius 3 is 3.00 bits per heavy atom. The van der Waals surface area contributed by atoms with Gasteiger partial charge in [0.05, 0.1) is 5.56 Å². The van der Waals surface area contributed by atoms with E-state index in [0.29, 0.717) is 5.56 Å². The molecule has 5 heteroatoms. The lowest BCUT2D eigenvalue weighted by Gasteiger charge is -2.07. The molecule has 0 unspecified atom stereocenters. The highest BCUT2D eigenvalue weighted by Gasteiger charge is 2.09. The smallest absolute Gasteiger partial charge is 0.147 e. The van der Waals surface area contributed by atoms with Gasteiger partial charge in [-0.1, -0.05) is 11.6 Å². The fraction of sp³-hybridized carbons (Fsp3) is 0.0714. The zero-order valence-corrected chi connectivity index (χ0v) is 10.9. The lowest BCUT2D eigenvalue weighted by molar-refractivity contribution is 1.16. The minimum Gasteiger partial charge on any atom is -0.306 e. The van der Waals surface area contributed by atoms with Crippen LogP contribution in [-0.2, 0) is 0 Å². The Morgan fingerprint density at radius 2 is 2.21 bits per heavy atom. The standard InChI is InChI=1S/C14H9ClN4/c1-9-12(6-11(7-16)14(15)18-9)10-2-3-13-17-4-5-19(13)8-10/h2-6,8H,1H3. The van der Waals surface area contributed by atoms with E-state index in [-0.39, 0.29) is 5.15 Å². The zero-order valence-electron chi connectivity index (χ0n) is 10.1. The first kappa shape index (κ1) is 11.7. The molecule has 0 aliphatic heterocycles. The van der Waals surface area contributed by atoms with E-state index in [1.54, 1.807) is 12.3 Å². The van der Waals surface area contributed by atoms with Crippen LogP contribution < -0.4 is 0 Å². The van der Waals surface area contributed by atoms with E-state index in [4.69, 9.17) is 16.9 Å². The molecular weight excluding hydrogens is 260 g/mol. The number of aryl methyl sites for hydroxylation is 1. The number of hydrogen-bond donors (Lipinski definition) is 0. The van der Waals surface area contributed by atoms with Crippen molar-refractivity contribution in [2.24, 2.45) is 0 Å². The maximum Gasteiger partial charge on any atom is 0.147 e. The van der Waals surface area contributed by atoms with E-state index in [1.807, 2.05) is 35.9 Å². The van der Waals surface area contributed by atoms with Crippen molar-refractivity contribution in [1.82, 2.24) is 14.4 Å². The molecule has 0 radical (unpaired) electrons. The summed E-state index contributed by atoms with van der Waals surface area (Å²) in [5.74, 6) is 0. The van der Waals surface area contributed by atoms with Crippen molar-refractivity contribution in [3.05, 3.63) is 53.2 Å². The van der Waals surface area contributed by atoms with Crippen LogP contribution in [0.1, 0.15) is 11.3 Å². The van der Waals surface area contributed by atoms with E-state index >= 15 is 0 Å². The minimum absolute atomic E-state index is 0.243. The van der Waals surface area contributed by atoms with Crippen molar-refractivity contribution >= 4 is 17.2 Å². The molecule has 0 amide bonds. The summed E-state index contributed by atoms with van der Waals surface area (Å²) in [6.45, 7) is 1.88. The Labute approximate surface area is 114 Å². The van der Waals surface area contributed by atoms with Crippen LogP contribution in [0.5, 0.6) is 0 Å². The normalized spacial score (nSPS) is 10.6. The first-order valence-corrected chi connectivity index (χ1v) is 6.07. The maximum absolute atomic E-state index is 9.03. The van der Waals surface area contributed by atoms with Crippen LogP contribution in [0.2, 0.25) is 5.15 Å². The van der Waals surface area contributed by atoms with E-state index in [0.717, 1.165) is 22.5 Å². The molecule has 4 nitrogen and oxygen atoms in total. The van der Waals surface area contributed by atoms with Crippen LogP contribution in [0.4, 0.5) is 0 Å². The van der Waals surface area contributed by atoms with E-state index in [1.165, 1.54) is 0 Å². The molecule has 3 rings (SSSR count). The second-order valence-corrected chi connectivity index (χ2v) is 4.54. The Bertz CT molecular complexity index is 814. The Morgan fingerprint density at radius 1 is 1.37 bits per heavy atom. The van der Waals surface area contributed by atoms with Crippen LogP contribution in [0.15, 0.2) is 36.8 Å². The summed E-state index contributed by atoms with van der Waals surface area (Å²) in [6, 6.07) is 7.70. The van der Waals surface area contributed by atoms with Crippen molar-refractivity contribution < 1.29 is 0 Å².